The summed E-state index contributed by atoms with van der Waals surface area (Å²) < 4.78 is 6.67. The Morgan fingerprint density at radius 3 is 2.89 bits per heavy atom. The molecule has 4 nitrogen and oxygen atoms in total. The van der Waals surface area contributed by atoms with Crippen molar-refractivity contribution in [3.05, 3.63) is 18.2 Å². The lowest BCUT2D eigenvalue weighted by Crippen LogP contribution is -2.29. The number of thiazole rings is 1. The van der Waals surface area contributed by atoms with E-state index in [9.17, 15) is 0 Å². The lowest BCUT2D eigenvalue weighted by atomic mass is 10.3. The predicted octanol–water partition coefficient (Wildman–Crippen LogP) is 3.06. The SMILES string of the molecule is CCOc1ccc2nc(NC(C)CN(C)C)sc2c1. The van der Waals surface area contributed by atoms with Gasteiger partial charge in [0.05, 0.1) is 16.8 Å². The molecule has 0 aliphatic rings. The van der Waals surface area contributed by atoms with E-state index in [2.05, 4.69) is 42.3 Å². The Kier molecular flexibility index (Phi) is 4.61. The fourth-order valence-electron chi connectivity index (χ4n) is 2.03. The standard InChI is InChI=1S/C14H21N3OS/c1-5-18-11-6-7-12-13(8-11)19-14(16-12)15-10(2)9-17(3)4/h6-8,10H,5,9H2,1-4H3,(H,15,16). The highest BCUT2D eigenvalue weighted by Crippen LogP contribution is 2.29. The Morgan fingerprint density at radius 2 is 2.21 bits per heavy atom. The summed E-state index contributed by atoms with van der Waals surface area (Å²) in [5.74, 6) is 0.909. The van der Waals surface area contributed by atoms with Crippen LogP contribution in [0.15, 0.2) is 18.2 Å². The molecule has 0 bridgehead atoms. The Hall–Kier alpha value is -1.33. The molecule has 0 radical (unpaired) electrons. The van der Waals surface area contributed by atoms with Crippen LogP contribution in [0.3, 0.4) is 0 Å². The van der Waals surface area contributed by atoms with Gasteiger partial charge in [-0.2, -0.15) is 0 Å². The van der Waals surface area contributed by atoms with E-state index in [0.29, 0.717) is 12.6 Å². The minimum absolute atomic E-state index is 0.377. The molecule has 0 saturated carbocycles. The first-order valence-corrected chi connectivity index (χ1v) is 7.34. The molecule has 1 N–H and O–H groups in total. The normalized spacial score (nSPS) is 12.9. The monoisotopic (exact) mass is 279 g/mol. The first-order chi connectivity index (χ1) is 9.08. The van der Waals surface area contributed by atoms with Crippen molar-refractivity contribution in [2.45, 2.75) is 19.9 Å². The second kappa shape index (κ2) is 6.21. The smallest absolute Gasteiger partial charge is 0.184 e. The molecule has 2 rings (SSSR count). The lowest BCUT2D eigenvalue weighted by Gasteiger charge is -2.17. The van der Waals surface area contributed by atoms with Crippen LogP contribution in [-0.2, 0) is 0 Å². The highest BCUT2D eigenvalue weighted by molar-refractivity contribution is 7.22. The minimum atomic E-state index is 0.377. The number of likely N-dealkylation sites (N-methyl/N-ethyl adjacent to an activating group) is 1. The number of anilines is 1. The van der Waals surface area contributed by atoms with Crippen LogP contribution in [-0.4, -0.2) is 43.2 Å². The molecule has 1 atom stereocenters. The zero-order valence-electron chi connectivity index (χ0n) is 11.9. The first kappa shape index (κ1) is 14.1. The number of nitrogens with zero attached hydrogens (tertiary/aromatic N) is 2. The van der Waals surface area contributed by atoms with Crippen LogP contribution in [0.5, 0.6) is 5.75 Å². The second-order valence-corrected chi connectivity index (χ2v) is 5.92. The van der Waals surface area contributed by atoms with Gasteiger partial charge in [-0.25, -0.2) is 4.98 Å². The van der Waals surface area contributed by atoms with Gasteiger partial charge < -0.3 is 15.0 Å². The van der Waals surface area contributed by atoms with Crippen LogP contribution in [0.25, 0.3) is 10.2 Å². The lowest BCUT2D eigenvalue weighted by molar-refractivity contribution is 0.341. The maximum Gasteiger partial charge on any atom is 0.184 e. The van der Waals surface area contributed by atoms with Crippen molar-refractivity contribution < 1.29 is 4.74 Å². The number of ether oxygens (including phenoxy) is 1. The van der Waals surface area contributed by atoms with E-state index in [0.717, 1.165) is 27.6 Å². The number of benzene rings is 1. The fourth-order valence-corrected chi connectivity index (χ4v) is 3.03. The van der Waals surface area contributed by atoms with E-state index in [1.165, 1.54) is 0 Å². The van der Waals surface area contributed by atoms with Gasteiger partial charge in [0.1, 0.15) is 5.75 Å². The van der Waals surface area contributed by atoms with E-state index < -0.39 is 0 Å². The number of hydrogen-bond acceptors (Lipinski definition) is 5. The summed E-state index contributed by atoms with van der Waals surface area (Å²) in [6.45, 7) is 5.83. The zero-order valence-corrected chi connectivity index (χ0v) is 12.8. The highest BCUT2D eigenvalue weighted by atomic mass is 32.1. The Bertz CT molecular complexity index is 538. The molecule has 0 saturated heterocycles. The number of rotatable bonds is 6. The summed E-state index contributed by atoms with van der Waals surface area (Å²) >= 11 is 1.67. The van der Waals surface area contributed by atoms with Crippen LogP contribution in [0.2, 0.25) is 0 Å². The maximum atomic E-state index is 5.51. The summed E-state index contributed by atoms with van der Waals surface area (Å²) in [7, 11) is 4.15. The van der Waals surface area contributed by atoms with Gasteiger partial charge in [-0.1, -0.05) is 11.3 Å². The summed E-state index contributed by atoms with van der Waals surface area (Å²) in [6.07, 6.45) is 0. The molecule has 1 unspecified atom stereocenters. The number of hydrogen-bond donors (Lipinski definition) is 1. The molecular formula is C14H21N3OS. The molecular weight excluding hydrogens is 258 g/mol. The number of fused-ring (bicyclic) bond motifs is 1. The van der Waals surface area contributed by atoms with Crippen molar-refractivity contribution in [1.82, 2.24) is 9.88 Å². The van der Waals surface area contributed by atoms with Gasteiger partial charge in [0, 0.05) is 12.6 Å². The molecule has 0 aliphatic heterocycles. The van der Waals surface area contributed by atoms with Gasteiger partial charge in [-0.15, -0.1) is 0 Å². The summed E-state index contributed by atoms with van der Waals surface area (Å²) in [5, 5.41) is 4.41. The predicted molar refractivity (Wildman–Crippen MR) is 82.4 cm³/mol. The van der Waals surface area contributed by atoms with Crippen molar-refractivity contribution >= 4 is 26.7 Å². The second-order valence-electron chi connectivity index (χ2n) is 4.89. The van der Waals surface area contributed by atoms with Gasteiger partial charge in [0.2, 0.25) is 0 Å². The van der Waals surface area contributed by atoms with Crippen molar-refractivity contribution in [1.29, 1.82) is 0 Å². The molecule has 0 aliphatic carbocycles. The third-order valence-electron chi connectivity index (χ3n) is 2.68. The molecule has 0 spiro atoms. The third-order valence-corrected chi connectivity index (χ3v) is 3.63. The largest absolute Gasteiger partial charge is 0.494 e. The van der Waals surface area contributed by atoms with E-state index >= 15 is 0 Å². The molecule has 1 aromatic heterocycles. The summed E-state index contributed by atoms with van der Waals surface area (Å²) in [6, 6.07) is 6.41. The fraction of sp³-hybridized carbons (Fsp3) is 0.500. The number of aromatic nitrogens is 1. The minimum Gasteiger partial charge on any atom is -0.494 e. The van der Waals surface area contributed by atoms with Crippen molar-refractivity contribution in [3.63, 3.8) is 0 Å². The van der Waals surface area contributed by atoms with E-state index in [1.807, 2.05) is 19.1 Å². The van der Waals surface area contributed by atoms with E-state index in [-0.39, 0.29) is 0 Å². The van der Waals surface area contributed by atoms with Crippen molar-refractivity contribution in [2.24, 2.45) is 0 Å². The molecule has 0 fully saturated rings. The van der Waals surface area contributed by atoms with Gasteiger partial charge in [0.25, 0.3) is 0 Å². The Balaban J connectivity index is 2.12. The molecule has 2 aromatic rings. The van der Waals surface area contributed by atoms with Gasteiger partial charge >= 0.3 is 0 Å². The van der Waals surface area contributed by atoms with Crippen LogP contribution in [0, 0.1) is 0 Å². The maximum absolute atomic E-state index is 5.51. The first-order valence-electron chi connectivity index (χ1n) is 6.53. The summed E-state index contributed by atoms with van der Waals surface area (Å²) in [5.41, 5.74) is 1.02. The van der Waals surface area contributed by atoms with Crippen molar-refractivity contribution in [2.75, 3.05) is 32.6 Å². The molecule has 0 amide bonds. The highest BCUT2D eigenvalue weighted by Gasteiger charge is 2.08. The quantitative estimate of drug-likeness (QED) is 0.882. The van der Waals surface area contributed by atoms with Gasteiger partial charge in [0.15, 0.2) is 5.13 Å². The van der Waals surface area contributed by atoms with Crippen LogP contribution in [0.1, 0.15) is 13.8 Å². The topological polar surface area (TPSA) is 37.4 Å². The number of nitrogens with one attached hydrogen (secondary N) is 1. The van der Waals surface area contributed by atoms with Crippen molar-refractivity contribution in [3.8, 4) is 5.75 Å². The molecule has 104 valence electrons. The molecule has 1 aromatic carbocycles. The van der Waals surface area contributed by atoms with Crippen LogP contribution < -0.4 is 10.1 Å². The average molecular weight is 279 g/mol. The van der Waals surface area contributed by atoms with E-state index in [4.69, 9.17) is 4.74 Å². The Labute approximate surface area is 118 Å². The van der Waals surface area contributed by atoms with Gasteiger partial charge in [-0.05, 0) is 46.1 Å². The molecule has 1 heterocycles. The Morgan fingerprint density at radius 1 is 1.42 bits per heavy atom. The summed E-state index contributed by atoms with van der Waals surface area (Å²) in [4.78, 5) is 6.76. The molecule has 19 heavy (non-hydrogen) atoms. The average Bonchev–Trinajstić information content (AvgIpc) is 2.69. The van der Waals surface area contributed by atoms with Crippen LogP contribution >= 0.6 is 11.3 Å². The van der Waals surface area contributed by atoms with E-state index in [1.54, 1.807) is 11.3 Å². The third kappa shape index (κ3) is 3.81. The molecule has 5 heteroatoms. The van der Waals surface area contributed by atoms with Gasteiger partial charge in [-0.3, -0.25) is 0 Å². The zero-order chi connectivity index (χ0) is 13.8. The van der Waals surface area contributed by atoms with Crippen LogP contribution in [0.4, 0.5) is 5.13 Å².